The largest absolute Gasteiger partial charge is 0.468 e. The summed E-state index contributed by atoms with van der Waals surface area (Å²) < 4.78 is 41.5. The molecule has 11 heteroatoms. The number of hydrogen-bond donors (Lipinski definition) is 1. The predicted molar refractivity (Wildman–Crippen MR) is 52.6 cm³/mol. The molecule has 18 heavy (non-hydrogen) atoms. The number of esters is 1. The van der Waals surface area contributed by atoms with E-state index < -0.39 is 24.0 Å². The molecule has 0 saturated heterocycles. The van der Waals surface area contributed by atoms with Crippen LogP contribution in [-0.2, 0) is 16.1 Å². The number of nitrogens with zero attached hydrogens (tertiary/aromatic N) is 4. The van der Waals surface area contributed by atoms with Crippen molar-refractivity contribution in [3.05, 3.63) is 0 Å². The van der Waals surface area contributed by atoms with Gasteiger partial charge in [0.1, 0.15) is 6.54 Å². The van der Waals surface area contributed by atoms with Gasteiger partial charge in [-0.25, -0.2) is 4.68 Å². The van der Waals surface area contributed by atoms with Crippen molar-refractivity contribution in [3.8, 4) is 0 Å². The lowest BCUT2D eigenvalue weighted by atomic mass is 10.4. The van der Waals surface area contributed by atoms with E-state index in [9.17, 15) is 18.0 Å². The fourth-order valence-corrected chi connectivity index (χ4v) is 1.67. The maximum Gasteiger partial charge on any atom is 0.415 e. The smallest absolute Gasteiger partial charge is 0.415 e. The molecule has 7 nitrogen and oxygen atoms in total. The van der Waals surface area contributed by atoms with Gasteiger partial charge in [0.2, 0.25) is 5.16 Å². The molecular weight excluding hydrogens is 277 g/mol. The van der Waals surface area contributed by atoms with Crippen LogP contribution in [0.15, 0.2) is 5.16 Å². The lowest BCUT2D eigenvalue weighted by molar-refractivity contribution is -0.195. The van der Waals surface area contributed by atoms with Crippen molar-refractivity contribution in [2.24, 2.45) is 0 Å². The molecular formula is C7H9F3N4O3S. The van der Waals surface area contributed by atoms with E-state index in [1.54, 1.807) is 0 Å². The molecule has 1 aromatic rings. The maximum absolute atomic E-state index is 12.0. The van der Waals surface area contributed by atoms with Crippen LogP contribution >= 0.6 is 11.8 Å². The number of carbonyl (C=O) groups excluding carboxylic acids is 1. The number of hydrogen-bond acceptors (Lipinski definition) is 7. The summed E-state index contributed by atoms with van der Waals surface area (Å²) >= 11 is 0.590. The van der Waals surface area contributed by atoms with Gasteiger partial charge in [-0.3, -0.25) is 4.79 Å². The average molecular weight is 286 g/mol. The van der Waals surface area contributed by atoms with Crippen LogP contribution in [0, 0.1) is 0 Å². The normalized spacial score (nSPS) is 13.4. The highest BCUT2D eigenvalue weighted by Gasteiger charge is 2.38. The molecule has 0 amide bonds. The summed E-state index contributed by atoms with van der Waals surface area (Å²) in [6.45, 7) is -0.312. The quantitative estimate of drug-likeness (QED) is 0.595. The highest BCUT2D eigenvalue weighted by Crippen LogP contribution is 2.25. The number of ether oxygens (including phenoxy) is 1. The zero-order valence-corrected chi connectivity index (χ0v) is 9.90. The van der Waals surface area contributed by atoms with Gasteiger partial charge in [-0.2, -0.15) is 13.2 Å². The van der Waals surface area contributed by atoms with Crippen molar-refractivity contribution in [2.75, 3.05) is 12.9 Å². The SMILES string of the molecule is COC(=O)Cn1nnnc1SCC(O)C(F)(F)F. The van der Waals surface area contributed by atoms with Crippen LogP contribution in [0.1, 0.15) is 0 Å². The van der Waals surface area contributed by atoms with Crippen molar-refractivity contribution in [1.82, 2.24) is 20.2 Å². The second-order valence-electron chi connectivity index (χ2n) is 3.06. The number of tetrazole rings is 1. The fraction of sp³-hybridized carbons (Fsp3) is 0.714. The molecule has 1 heterocycles. The standard InChI is InChI=1S/C7H9F3N4O3S/c1-17-5(16)2-14-6(11-12-13-14)18-3-4(15)7(8,9)10/h4,15H,2-3H2,1H3. The maximum atomic E-state index is 12.0. The number of alkyl halides is 3. The molecule has 1 aromatic heterocycles. The number of aliphatic hydroxyl groups excluding tert-OH is 1. The summed E-state index contributed by atoms with van der Waals surface area (Å²) in [7, 11) is 1.16. The van der Waals surface area contributed by atoms with Gasteiger partial charge >= 0.3 is 12.1 Å². The van der Waals surface area contributed by atoms with E-state index in [1.165, 1.54) is 0 Å². The second kappa shape index (κ2) is 6.00. The van der Waals surface area contributed by atoms with Gasteiger partial charge < -0.3 is 9.84 Å². The van der Waals surface area contributed by atoms with Crippen molar-refractivity contribution >= 4 is 17.7 Å². The molecule has 1 unspecified atom stereocenters. The average Bonchev–Trinajstić information content (AvgIpc) is 2.71. The summed E-state index contributed by atoms with van der Waals surface area (Å²) in [5.74, 6) is -1.30. The molecule has 1 N–H and O–H groups in total. The lowest BCUT2D eigenvalue weighted by Crippen LogP contribution is -2.30. The fourth-order valence-electron chi connectivity index (χ4n) is 0.834. The van der Waals surface area contributed by atoms with Gasteiger partial charge in [0, 0.05) is 5.75 Å². The first kappa shape index (κ1) is 14.7. The zero-order chi connectivity index (χ0) is 13.8. The van der Waals surface area contributed by atoms with Gasteiger partial charge in [0.15, 0.2) is 6.10 Å². The Morgan fingerprint density at radius 2 is 2.28 bits per heavy atom. The van der Waals surface area contributed by atoms with E-state index in [0.717, 1.165) is 11.8 Å². The van der Waals surface area contributed by atoms with Gasteiger partial charge in [0.05, 0.1) is 7.11 Å². The first-order valence-corrected chi connectivity index (χ1v) is 5.53. The van der Waals surface area contributed by atoms with E-state index in [1.807, 2.05) is 0 Å². The Morgan fingerprint density at radius 1 is 1.61 bits per heavy atom. The minimum absolute atomic E-state index is 0.0105. The Morgan fingerprint density at radius 3 is 2.83 bits per heavy atom. The van der Waals surface area contributed by atoms with Crippen LogP contribution in [0.2, 0.25) is 0 Å². The van der Waals surface area contributed by atoms with E-state index in [0.29, 0.717) is 11.8 Å². The predicted octanol–water partition coefficient (Wildman–Crippen LogP) is -0.139. The van der Waals surface area contributed by atoms with Gasteiger partial charge in [0.25, 0.3) is 0 Å². The summed E-state index contributed by atoms with van der Waals surface area (Å²) in [4.78, 5) is 11.0. The Bertz CT molecular complexity index is 411. The van der Waals surface area contributed by atoms with Crippen LogP contribution in [0.3, 0.4) is 0 Å². The Labute approximate surface area is 103 Å². The molecule has 1 atom stereocenters. The van der Waals surface area contributed by atoms with Crippen molar-refractivity contribution < 1.29 is 27.8 Å². The van der Waals surface area contributed by atoms with Crippen LogP contribution in [-0.4, -0.2) is 56.4 Å². The van der Waals surface area contributed by atoms with Crippen LogP contribution in [0.25, 0.3) is 0 Å². The van der Waals surface area contributed by atoms with Crippen LogP contribution in [0.5, 0.6) is 0 Å². The van der Waals surface area contributed by atoms with Crippen molar-refractivity contribution in [3.63, 3.8) is 0 Å². The number of aromatic nitrogens is 4. The Kier molecular flexibility index (Phi) is 4.90. The minimum atomic E-state index is -4.70. The summed E-state index contributed by atoms with van der Waals surface area (Å²) in [5.41, 5.74) is 0. The number of halogens is 3. The third-order valence-corrected chi connectivity index (χ3v) is 2.79. The molecule has 0 aromatic carbocycles. The van der Waals surface area contributed by atoms with Gasteiger partial charge in [-0.05, 0) is 10.4 Å². The van der Waals surface area contributed by atoms with Gasteiger partial charge in [-0.15, -0.1) is 5.10 Å². The minimum Gasteiger partial charge on any atom is -0.468 e. The number of aliphatic hydroxyl groups is 1. The second-order valence-corrected chi connectivity index (χ2v) is 4.05. The molecule has 0 fully saturated rings. The molecule has 0 aliphatic rings. The number of rotatable bonds is 5. The Hall–Kier alpha value is -1.36. The molecule has 0 bridgehead atoms. The van der Waals surface area contributed by atoms with E-state index in [-0.39, 0.29) is 11.7 Å². The lowest BCUT2D eigenvalue weighted by Gasteiger charge is -2.13. The van der Waals surface area contributed by atoms with E-state index in [2.05, 4.69) is 20.3 Å². The van der Waals surface area contributed by atoms with E-state index >= 15 is 0 Å². The Balaban J connectivity index is 2.58. The molecule has 0 spiro atoms. The third kappa shape index (κ3) is 4.14. The molecule has 0 radical (unpaired) electrons. The third-order valence-electron chi connectivity index (χ3n) is 1.75. The van der Waals surface area contributed by atoms with E-state index in [4.69, 9.17) is 5.11 Å². The van der Waals surface area contributed by atoms with Crippen LogP contribution < -0.4 is 0 Å². The monoisotopic (exact) mass is 286 g/mol. The van der Waals surface area contributed by atoms with Crippen molar-refractivity contribution in [2.45, 2.75) is 24.0 Å². The van der Waals surface area contributed by atoms with Crippen molar-refractivity contribution in [1.29, 1.82) is 0 Å². The zero-order valence-electron chi connectivity index (χ0n) is 9.09. The summed E-state index contributed by atoms with van der Waals surface area (Å²) in [5, 5.41) is 18.9. The molecule has 102 valence electrons. The topological polar surface area (TPSA) is 90.1 Å². The summed E-state index contributed by atoms with van der Waals surface area (Å²) in [6, 6.07) is 0. The molecule has 0 aliphatic carbocycles. The molecule has 0 saturated carbocycles. The van der Waals surface area contributed by atoms with Gasteiger partial charge in [-0.1, -0.05) is 11.8 Å². The summed E-state index contributed by atoms with van der Waals surface area (Å²) in [6.07, 6.45) is -7.18. The number of carbonyl (C=O) groups is 1. The first-order valence-electron chi connectivity index (χ1n) is 4.55. The molecule has 0 aliphatic heterocycles. The molecule has 1 rings (SSSR count). The first-order chi connectivity index (χ1) is 8.34. The highest BCUT2D eigenvalue weighted by atomic mass is 32.2. The number of thioether (sulfide) groups is 1. The van der Waals surface area contributed by atoms with Crippen LogP contribution in [0.4, 0.5) is 13.2 Å². The highest BCUT2D eigenvalue weighted by molar-refractivity contribution is 7.99. The number of methoxy groups -OCH3 is 1.